The predicted octanol–water partition coefficient (Wildman–Crippen LogP) is 4.08. The molecule has 1 N–H and O–H groups in total. The Morgan fingerprint density at radius 3 is 2.66 bits per heavy atom. The number of aromatic nitrogens is 3. The summed E-state index contributed by atoms with van der Waals surface area (Å²) in [6.45, 7) is 1.71. The number of hydrogen-bond donors (Lipinski definition) is 1. The lowest BCUT2D eigenvalue weighted by atomic mass is 10.2. The van der Waals surface area contributed by atoms with E-state index < -0.39 is 11.7 Å². The lowest BCUT2D eigenvalue weighted by Gasteiger charge is -2.35. The largest absolute Gasteiger partial charge is 0.497 e. The van der Waals surface area contributed by atoms with Crippen LogP contribution in [0.15, 0.2) is 35.6 Å². The third-order valence-corrected chi connectivity index (χ3v) is 6.22. The molecule has 0 saturated carbocycles. The third kappa shape index (κ3) is 4.88. The summed E-state index contributed by atoms with van der Waals surface area (Å²) >= 11 is 7.34. The number of piperazine rings is 1. The standard InChI is InChI=1S/C20H19ClF3N5O2S/c1-31-13-2-3-15-16(9-13)27-19(26-15)32-11-17(30)28-4-6-29(7-5-28)18-14(21)8-12(10-25-18)20(22,23)24/h2-3,8-10H,4-7,11H2,1H3,(H,26,27). The van der Waals surface area contributed by atoms with Gasteiger partial charge in [0.25, 0.3) is 0 Å². The van der Waals surface area contributed by atoms with Gasteiger partial charge in [-0.15, -0.1) is 0 Å². The molecule has 3 aromatic rings. The Labute approximate surface area is 190 Å². The average Bonchev–Trinajstić information content (AvgIpc) is 3.19. The van der Waals surface area contributed by atoms with Crippen LogP contribution in [-0.2, 0) is 11.0 Å². The number of aromatic amines is 1. The minimum Gasteiger partial charge on any atom is -0.497 e. The molecule has 4 rings (SSSR count). The minimum absolute atomic E-state index is 0.0424. The number of carbonyl (C=O) groups excluding carboxylic acids is 1. The molecule has 32 heavy (non-hydrogen) atoms. The second kappa shape index (κ2) is 9.07. The van der Waals surface area contributed by atoms with Crippen molar-refractivity contribution in [3.05, 3.63) is 41.0 Å². The molecule has 1 saturated heterocycles. The van der Waals surface area contributed by atoms with Gasteiger partial charge in [0.15, 0.2) is 5.16 Å². The number of benzene rings is 1. The van der Waals surface area contributed by atoms with Gasteiger partial charge in [-0.25, -0.2) is 9.97 Å². The molecule has 2 aromatic heterocycles. The van der Waals surface area contributed by atoms with Crippen LogP contribution < -0.4 is 9.64 Å². The van der Waals surface area contributed by atoms with Crippen molar-refractivity contribution in [1.82, 2.24) is 19.9 Å². The van der Waals surface area contributed by atoms with E-state index in [1.807, 2.05) is 18.2 Å². The summed E-state index contributed by atoms with van der Waals surface area (Å²) in [5.41, 5.74) is 0.727. The SMILES string of the molecule is COc1ccc2nc(SCC(=O)N3CCN(c4ncc(C(F)(F)F)cc4Cl)CC3)[nH]c2c1. The van der Waals surface area contributed by atoms with Crippen LogP contribution in [-0.4, -0.2) is 64.8 Å². The molecular weight excluding hydrogens is 467 g/mol. The normalized spacial score (nSPS) is 14.8. The summed E-state index contributed by atoms with van der Waals surface area (Å²) in [7, 11) is 1.59. The fraction of sp³-hybridized carbons (Fsp3) is 0.350. The lowest BCUT2D eigenvalue weighted by Crippen LogP contribution is -2.49. The molecule has 1 aromatic carbocycles. The first-order chi connectivity index (χ1) is 15.2. The highest BCUT2D eigenvalue weighted by Gasteiger charge is 2.32. The Balaban J connectivity index is 1.32. The number of nitrogens with one attached hydrogen (secondary N) is 1. The summed E-state index contributed by atoms with van der Waals surface area (Å²) < 4.78 is 43.6. The molecule has 1 fully saturated rings. The first-order valence-corrected chi connectivity index (χ1v) is 11.0. The summed E-state index contributed by atoms with van der Waals surface area (Å²) in [4.78, 5) is 27.6. The summed E-state index contributed by atoms with van der Waals surface area (Å²) in [6, 6.07) is 6.38. The zero-order chi connectivity index (χ0) is 22.9. The van der Waals surface area contributed by atoms with Crippen LogP contribution in [0.5, 0.6) is 5.75 Å². The Bertz CT molecular complexity index is 1130. The van der Waals surface area contributed by atoms with Crippen LogP contribution in [0.25, 0.3) is 11.0 Å². The molecule has 1 amide bonds. The zero-order valence-corrected chi connectivity index (χ0v) is 18.5. The number of nitrogens with zero attached hydrogens (tertiary/aromatic N) is 4. The van der Waals surface area contributed by atoms with E-state index in [1.165, 1.54) is 11.8 Å². The number of carbonyl (C=O) groups is 1. The smallest absolute Gasteiger partial charge is 0.417 e. The number of ether oxygens (including phenoxy) is 1. The molecule has 1 aliphatic rings. The van der Waals surface area contributed by atoms with Crippen LogP contribution in [0.4, 0.5) is 19.0 Å². The highest BCUT2D eigenvalue weighted by Crippen LogP contribution is 2.33. The number of alkyl halides is 3. The first-order valence-electron chi connectivity index (χ1n) is 9.66. The molecule has 1 aliphatic heterocycles. The second-order valence-corrected chi connectivity index (χ2v) is 8.48. The van der Waals surface area contributed by atoms with Crippen LogP contribution in [0, 0.1) is 0 Å². The lowest BCUT2D eigenvalue weighted by molar-refractivity contribution is -0.137. The third-order valence-electron chi connectivity index (χ3n) is 5.08. The Kier molecular flexibility index (Phi) is 6.38. The topological polar surface area (TPSA) is 74.3 Å². The monoisotopic (exact) mass is 485 g/mol. The molecule has 12 heteroatoms. The molecule has 170 valence electrons. The Morgan fingerprint density at radius 1 is 1.25 bits per heavy atom. The first kappa shape index (κ1) is 22.5. The van der Waals surface area contributed by atoms with Crippen LogP contribution in [0.3, 0.4) is 0 Å². The van der Waals surface area contributed by atoms with E-state index in [0.717, 1.165) is 23.3 Å². The highest BCUT2D eigenvalue weighted by atomic mass is 35.5. The molecule has 0 spiro atoms. The number of fused-ring (bicyclic) bond motifs is 1. The second-order valence-electron chi connectivity index (χ2n) is 7.11. The number of halogens is 4. The minimum atomic E-state index is -4.50. The number of methoxy groups -OCH3 is 1. The van der Waals surface area contributed by atoms with Gasteiger partial charge >= 0.3 is 6.18 Å². The number of anilines is 1. The van der Waals surface area contributed by atoms with Gasteiger partial charge in [0.1, 0.15) is 11.6 Å². The zero-order valence-electron chi connectivity index (χ0n) is 16.9. The van der Waals surface area contributed by atoms with Gasteiger partial charge < -0.3 is 19.5 Å². The molecular formula is C20H19ClF3N5O2S. The highest BCUT2D eigenvalue weighted by molar-refractivity contribution is 7.99. The molecule has 0 aliphatic carbocycles. The van der Waals surface area contributed by atoms with Crippen molar-refractivity contribution >= 4 is 46.1 Å². The van der Waals surface area contributed by atoms with Gasteiger partial charge in [-0.2, -0.15) is 13.2 Å². The van der Waals surface area contributed by atoms with Crippen LogP contribution >= 0.6 is 23.4 Å². The molecule has 7 nitrogen and oxygen atoms in total. The number of hydrogen-bond acceptors (Lipinski definition) is 6. The number of rotatable bonds is 5. The van der Waals surface area contributed by atoms with E-state index in [9.17, 15) is 18.0 Å². The number of pyridine rings is 1. The van der Waals surface area contributed by atoms with E-state index in [1.54, 1.807) is 16.9 Å². The van der Waals surface area contributed by atoms with E-state index >= 15 is 0 Å². The fourth-order valence-electron chi connectivity index (χ4n) is 3.37. The van der Waals surface area contributed by atoms with Crippen molar-refractivity contribution in [3.63, 3.8) is 0 Å². The molecule has 0 unspecified atom stereocenters. The van der Waals surface area contributed by atoms with Crippen molar-refractivity contribution in [3.8, 4) is 5.75 Å². The average molecular weight is 486 g/mol. The van der Waals surface area contributed by atoms with Crippen LogP contribution in [0.1, 0.15) is 5.56 Å². The maximum absolute atomic E-state index is 12.8. The van der Waals surface area contributed by atoms with E-state index in [4.69, 9.17) is 16.3 Å². The number of amides is 1. The maximum atomic E-state index is 12.8. The molecule has 3 heterocycles. The fourth-order valence-corrected chi connectivity index (χ4v) is 4.44. The number of thioether (sulfide) groups is 1. The van der Waals surface area contributed by atoms with Gasteiger partial charge in [-0.3, -0.25) is 4.79 Å². The van der Waals surface area contributed by atoms with Gasteiger partial charge in [0, 0.05) is 38.4 Å². The van der Waals surface area contributed by atoms with E-state index in [0.29, 0.717) is 42.9 Å². The van der Waals surface area contributed by atoms with Gasteiger partial charge in [-0.1, -0.05) is 23.4 Å². The van der Waals surface area contributed by atoms with Gasteiger partial charge in [-0.05, 0) is 18.2 Å². The van der Waals surface area contributed by atoms with Crippen molar-refractivity contribution < 1.29 is 22.7 Å². The van der Waals surface area contributed by atoms with Crippen molar-refractivity contribution in [2.75, 3.05) is 43.9 Å². The number of H-pyrrole nitrogens is 1. The predicted molar refractivity (Wildman–Crippen MR) is 116 cm³/mol. The summed E-state index contributed by atoms with van der Waals surface area (Å²) in [5.74, 6) is 1.18. The van der Waals surface area contributed by atoms with E-state index in [2.05, 4.69) is 15.0 Å². The maximum Gasteiger partial charge on any atom is 0.417 e. The van der Waals surface area contributed by atoms with Gasteiger partial charge in [0.2, 0.25) is 5.91 Å². The van der Waals surface area contributed by atoms with Crippen molar-refractivity contribution in [2.24, 2.45) is 0 Å². The number of imidazole rings is 1. The Morgan fingerprint density at radius 2 is 2.00 bits per heavy atom. The summed E-state index contributed by atoms with van der Waals surface area (Å²) in [5, 5.41) is 0.581. The molecule has 0 atom stereocenters. The van der Waals surface area contributed by atoms with Crippen molar-refractivity contribution in [2.45, 2.75) is 11.3 Å². The molecule has 0 bridgehead atoms. The summed E-state index contributed by atoms with van der Waals surface area (Å²) in [6.07, 6.45) is -3.72. The van der Waals surface area contributed by atoms with E-state index in [-0.39, 0.29) is 16.7 Å². The van der Waals surface area contributed by atoms with Crippen LogP contribution in [0.2, 0.25) is 5.02 Å². The van der Waals surface area contributed by atoms with Gasteiger partial charge in [0.05, 0.1) is 34.5 Å². The quantitative estimate of drug-likeness (QED) is 0.549. The van der Waals surface area contributed by atoms with Crippen molar-refractivity contribution in [1.29, 1.82) is 0 Å². The molecule has 0 radical (unpaired) electrons. The Hall–Kier alpha value is -2.66.